The average molecular weight is 194 g/mol. The van der Waals surface area contributed by atoms with Crippen LogP contribution in [0.1, 0.15) is 13.3 Å². The molecule has 0 heterocycles. The Hall–Kier alpha value is -1.29. The first-order valence-electron chi connectivity index (χ1n) is 3.92. The van der Waals surface area contributed by atoms with E-state index < -0.39 is 0 Å². The highest BCUT2D eigenvalue weighted by Crippen LogP contribution is 1.77. The number of benzene rings is 1. The van der Waals surface area contributed by atoms with E-state index in [1.165, 1.54) is 0 Å². The number of primary amides is 1. The fraction of sp³-hybridized carbons (Fsp3) is 0.222. The molecule has 0 aliphatic rings. The van der Waals surface area contributed by atoms with E-state index in [-0.39, 0.29) is 15.3 Å². The van der Waals surface area contributed by atoms with Crippen molar-refractivity contribution in [2.75, 3.05) is 0 Å². The fourth-order valence-electron chi connectivity index (χ4n) is 0.506. The highest BCUT2D eigenvalue weighted by Gasteiger charge is 1.83. The molecule has 1 rings (SSSR count). The summed E-state index contributed by atoms with van der Waals surface area (Å²) in [6.07, 6.45) is 0.444. The molecule has 2 N–H and O–H groups in total. The Morgan fingerprint density at radius 2 is 1.85 bits per heavy atom. The molecule has 0 saturated heterocycles. The molecule has 1 amide bonds. The minimum Gasteiger partial charge on any atom is -0.378 e. The van der Waals surface area contributed by atoms with Gasteiger partial charge in [0.25, 0.3) is 0 Å². The molecular formula is C9H12NO2Si. The van der Waals surface area contributed by atoms with Crippen molar-refractivity contribution in [2.45, 2.75) is 13.3 Å². The molecule has 69 valence electrons. The predicted molar refractivity (Wildman–Crippen MR) is 52.0 cm³/mol. The SMILES string of the molecule is CCC(N)=O.O=[Si]c1ccccc1. The maximum atomic E-state index is 10.2. The molecule has 3 nitrogen and oxygen atoms in total. The molecular weight excluding hydrogens is 182 g/mol. The van der Waals surface area contributed by atoms with E-state index in [2.05, 4.69) is 5.73 Å². The summed E-state index contributed by atoms with van der Waals surface area (Å²) >= 11 is 0. The number of carbonyl (C=O) groups is 1. The van der Waals surface area contributed by atoms with Gasteiger partial charge in [-0.05, 0) is 5.19 Å². The van der Waals surface area contributed by atoms with Crippen molar-refractivity contribution in [3.8, 4) is 0 Å². The van der Waals surface area contributed by atoms with Crippen LogP contribution in [0.2, 0.25) is 0 Å². The second kappa shape index (κ2) is 7.36. The van der Waals surface area contributed by atoms with Gasteiger partial charge in [0.05, 0.1) is 0 Å². The van der Waals surface area contributed by atoms with Crippen LogP contribution >= 0.6 is 0 Å². The summed E-state index contributed by atoms with van der Waals surface area (Å²) in [5.41, 5.74) is 4.65. The third-order valence-corrected chi connectivity index (χ3v) is 1.81. The molecule has 0 aliphatic carbocycles. The molecule has 0 fully saturated rings. The second-order valence-corrected chi connectivity index (χ2v) is 3.07. The van der Waals surface area contributed by atoms with Crippen LogP contribution in [0, 0.1) is 0 Å². The Bertz CT molecular complexity index is 262. The molecule has 1 aromatic rings. The van der Waals surface area contributed by atoms with Crippen molar-refractivity contribution in [3.05, 3.63) is 30.3 Å². The summed E-state index contributed by atoms with van der Waals surface area (Å²) in [7, 11) is -0.320. The van der Waals surface area contributed by atoms with Crippen LogP contribution in [-0.2, 0) is 9.26 Å². The summed E-state index contributed by atoms with van der Waals surface area (Å²) in [5.74, 6) is -0.245. The first kappa shape index (κ1) is 11.7. The third kappa shape index (κ3) is 7.08. The van der Waals surface area contributed by atoms with Crippen LogP contribution < -0.4 is 10.9 Å². The Labute approximate surface area is 79.8 Å². The van der Waals surface area contributed by atoms with E-state index in [0.29, 0.717) is 6.42 Å². The molecule has 13 heavy (non-hydrogen) atoms. The van der Waals surface area contributed by atoms with Crippen molar-refractivity contribution >= 4 is 20.5 Å². The topological polar surface area (TPSA) is 60.2 Å². The minimum atomic E-state index is -0.320. The lowest BCUT2D eigenvalue weighted by molar-refractivity contribution is -0.117. The normalized spacial score (nSPS) is 8.08. The van der Waals surface area contributed by atoms with Crippen molar-refractivity contribution in [3.63, 3.8) is 0 Å². The van der Waals surface area contributed by atoms with Crippen LogP contribution in [0.15, 0.2) is 30.3 Å². The smallest absolute Gasteiger partial charge is 0.365 e. The lowest BCUT2D eigenvalue weighted by Crippen LogP contribution is -2.06. The monoisotopic (exact) mass is 194 g/mol. The number of amides is 1. The molecule has 0 saturated carbocycles. The summed E-state index contributed by atoms with van der Waals surface area (Å²) in [5, 5.41) is 0.882. The van der Waals surface area contributed by atoms with E-state index >= 15 is 0 Å². The molecule has 0 aromatic heterocycles. The maximum Gasteiger partial charge on any atom is 0.365 e. The van der Waals surface area contributed by atoms with Gasteiger partial charge in [-0.1, -0.05) is 37.3 Å². The fourth-order valence-corrected chi connectivity index (χ4v) is 0.835. The third-order valence-electron chi connectivity index (χ3n) is 1.24. The molecule has 1 radical (unpaired) electrons. The van der Waals surface area contributed by atoms with Gasteiger partial charge in [-0.15, -0.1) is 0 Å². The standard InChI is InChI=1S/C6H5OSi.C3H7NO/c7-8-6-4-2-1-3-5-6;1-2-3(4)5/h1-5H;2H2,1H3,(H2,4,5). The largest absolute Gasteiger partial charge is 0.378 e. The van der Waals surface area contributed by atoms with Crippen LogP contribution in [0.4, 0.5) is 0 Å². The van der Waals surface area contributed by atoms with Gasteiger partial charge in [-0.25, -0.2) is 0 Å². The van der Waals surface area contributed by atoms with Gasteiger partial charge in [-0.2, -0.15) is 0 Å². The number of hydrogen-bond acceptors (Lipinski definition) is 2. The second-order valence-electron chi connectivity index (χ2n) is 2.29. The van der Waals surface area contributed by atoms with Crippen molar-refractivity contribution in [2.24, 2.45) is 5.73 Å². The van der Waals surface area contributed by atoms with Gasteiger partial charge >= 0.3 is 9.41 Å². The van der Waals surface area contributed by atoms with E-state index in [1.54, 1.807) is 6.92 Å². The molecule has 0 spiro atoms. The summed E-state index contributed by atoms with van der Waals surface area (Å²) in [4.78, 5) is 9.59. The van der Waals surface area contributed by atoms with E-state index in [0.717, 1.165) is 5.19 Å². The van der Waals surface area contributed by atoms with Gasteiger partial charge in [-0.3, -0.25) is 4.79 Å². The zero-order valence-corrected chi connectivity index (χ0v) is 8.49. The molecule has 0 unspecified atom stereocenters. The van der Waals surface area contributed by atoms with Gasteiger partial charge in [0, 0.05) is 6.42 Å². The average Bonchev–Trinajstić information content (AvgIpc) is 2.20. The molecule has 0 atom stereocenters. The van der Waals surface area contributed by atoms with Gasteiger partial charge < -0.3 is 10.2 Å². The Morgan fingerprint density at radius 1 is 1.38 bits per heavy atom. The number of carbonyl (C=O) groups excluding carboxylic acids is 1. The van der Waals surface area contributed by atoms with Gasteiger partial charge in [0.2, 0.25) is 5.91 Å². The molecule has 0 aliphatic heterocycles. The van der Waals surface area contributed by atoms with Gasteiger partial charge in [0.15, 0.2) is 0 Å². The Balaban J connectivity index is 0.000000252. The van der Waals surface area contributed by atoms with Crippen molar-refractivity contribution in [1.29, 1.82) is 0 Å². The molecule has 1 aromatic carbocycles. The number of nitrogens with two attached hydrogens (primary N) is 1. The predicted octanol–water partition coefficient (Wildman–Crippen LogP) is 0.243. The number of rotatable bonds is 2. The highest BCUT2D eigenvalue weighted by atomic mass is 28.2. The van der Waals surface area contributed by atoms with Crippen molar-refractivity contribution in [1.82, 2.24) is 0 Å². The van der Waals surface area contributed by atoms with Crippen molar-refractivity contribution < 1.29 is 9.26 Å². The Morgan fingerprint density at radius 3 is 2.08 bits per heavy atom. The van der Waals surface area contributed by atoms with Crippen LogP contribution in [0.3, 0.4) is 0 Å². The zero-order valence-electron chi connectivity index (χ0n) is 7.49. The van der Waals surface area contributed by atoms with E-state index in [4.69, 9.17) is 0 Å². The first-order chi connectivity index (χ1) is 6.20. The first-order valence-corrected chi connectivity index (χ1v) is 4.83. The highest BCUT2D eigenvalue weighted by molar-refractivity contribution is 6.38. The zero-order chi connectivity index (χ0) is 10.1. The van der Waals surface area contributed by atoms with E-state index in [1.807, 2.05) is 30.3 Å². The van der Waals surface area contributed by atoms with Crippen LogP contribution in [-0.4, -0.2) is 15.3 Å². The minimum absolute atomic E-state index is 0.245. The summed E-state index contributed by atoms with van der Waals surface area (Å²) < 4.78 is 10.2. The lowest BCUT2D eigenvalue weighted by Gasteiger charge is -1.80. The summed E-state index contributed by atoms with van der Waals surface area (Å²) in [6, 6.07) is 9.33. The quantitative estimate of drug-likeness (QED) is 0.686. The maximum absolute atomic E-state index is 10.2. The molecule has 0 bridgehead atoms. The number of hydrogen-bond donors (Lipinski definition) is 1. The van der Waals surface area contributed by atoms with Crippen LogP contribution in [0.25, 0.3) is 0 Å². The summed E-state index contributed by atoms with van der Waals surface area (Å²) in [6.45, 7) is 1.72. The van der Waals surface area contributed by atoms with Gasteiger partial charge in [0.1, 0.15) is 0 Å². The Kier molecular flexibility index (Phi) is 6.63. The van der Waals surface area contributed by atoms with Crippen LogP contribution in [0.5, 0.6) is 0 Å². The molecule has 4 heteroatoms. The lowest BCUT2D eigenvalue weighted by atomic mass is 10.4. The van der Waals surface area contributed by atoms with E-state index in [9.17, 15) is 9.26 Å².